The van der Waals surface area contributed by atoms with Crippen LogP contribution in [-0.4, -0.2) is 80.4 Å². The van der Waals surface area contributed by atoms with Gasteiger partial charge in [0.2, 0.25) is 17.7 Å². The van der Waals surface area contributed by atoms with Gasteiger partial charge in [-0.3, -0.25) is 19.4 Å². The van der Waals surface area contributed by atoms with Crippen LogP contribution in [0.4, 0.5) is 0 Å². The molecular formula is C29H42N10O5. The Bertz CT molecular complexity index is 1430. The van der Waals surface area contributed by atoms with E-state index in [1.165, 1.54) is 12.5 Å². The van der Waals surface area contributed by atoms with Gasteiger partial charge in [0.05, 0.1) is 12.4 Å². The summed E-state index contributed by atoms with van der Waals surface area (Å²) in [4.78, 5) is 65.8. The van der Waals surface area contributed by atoms with E-state index in [0.717, 1.165) is 16.5 Å². The maximum absolute atomic E-state index is 13.7. The summed E-state index contributed by atoms with van der Waals surface area (Å²) in [6.45, 7) is 4.04. The fourth-order valence-corrected chi connectivity index (χ4v) is 4.72. The summed E-state index contributed by atoms with van der Waals surface area (Å²) in [5, 5.41) is 18.6. The predicted molar refractivity (Wildman–Crippen MR) is 165 cm³/mol. The zero-order valence-corrected chi connectivity index (χ0v) is 24.9. The van der Waals surface area contributed by atoms with E-state index in [9.17, 15) is 24.3 Å². The first-order valence-electron chi connectivity index (χ1n) is 14.4. The van der Waals surface area contributed by atoms with Gasteiger partial charge in [0.15, 0.2) is 5.96 Å². The fourth-order valence-electron chi connectivity index (χ4n) is 4.72. The number of nitrogens with two attached hydrogens (primary N) is 3. The van der Waals surface area contributed by atoms with Crippen molar-refractivity contribution in [2.75, 3.05) is 6.54 Å². The van der Waals surface area contributed by atoms with Gasteiger partial charge < -0.3 is 48.2 Å². The predicted octanol–water partition coefficient (Wildman–Crippen LogP) is -0.358. The number of aliphatic imine (C=N–C) groups is 1. The Hall–Kier alpha value is -4.92. The van der Waals surface area contributed by atoms with E-state index in [4.69, 9.17) is 17.2 Å². The summed E-state index contributed by atoms with van der Waals surface area (Å²) in [5.74, 6) is -3.15. The van der Waals surface area contributed by atoms with Crippen LogP contribution in [0.5, 0.6) is 0 Å². The number of carboxylic acids is 1. The molecule has 15 nitrogen and oxygen atoms in total. The number of aliphatic carboxylic acids is 1. The smallest absolute Gasteiger partial charge is 0.326 e. The molecule has 4 unspecified atom stereocenters. The molecule has 0 fully saturated rings. The number of fused-ring (bicyclic) bond motifs is 1. The van der Waals surface area contributed by atoms with E-state index in [1.807, 2.05) is 38.1 Å². The number of carbonyl (C=O) groups excluding carboxylic acids is 3. The summed E-state index contributed by atoms with van der Waals surface area (Å²) >= 11 is 0. The van der Waals surface area contributed by atoms with E-state index in [0.29, 0.717) is 18.7 Å². The van der Waals surface area contributed by atoms with Crippen molar-refractivity contribution < 1.29 is 24.3 Å². The minimum atomic E-state index is -1.26. The number of amides is 3. The Morgan fingerprint density at radius 1 is 0.955 bits per heavy atom. The van der Waals surface area contributed by atoms with Crippen LogP contribution in [0.15, 0.2) is 48.0 Å². The van der Waals surface area contributed by atoms with E-state index in [2.05, 4.69) is 35.9 Å². The van der Waals surface area contributed by atoms with E-state index in [-0.39, 0.29) is 37.6 Å². The number of aromatic amines is 2. The number of carboxylic acid groups (broad SMARTS) is 1. The number of hydrogen-bond acceptors (Lipinski definition) is 7. The van der Waals surface area contributed by atoms with Gasteiger partial charge in [0.25, 0.3) is 0 Å². The highest BCUT2D eigenvalue weighted by Gasteiger charge is 2.31. The molecule has 1 aromatic carbocycles. The Kier molecular flexibility index (Phi) is 12.3. The Morgan fingerprint density at radius 2 is 1.64 bits per heavy atom. The number of carbonyl (C=O) groups is 4. The lowest BCUT2D eigenvalue weighted by Gasteiger charge is -2.26. The molecule has 0 radical (unpaired) electrons. The number of aromatic nitrogens is 3. The second-order valence-electron chi connectivity index (χ2n) is 11.1. The first-order chi connectivity index (χ1) is 20.9. The molecule has 238 valence electrons. The van der Waals surface area contributed by atoms with Gasteiger partial charge in [0.1, 0.15) is 18.1 Å². The molecule has 44 heavy (non-hydrogen) atoms. The first-order valence-corrected chi connectivity index (χ1v) is 14.4. The minimum Gasteiger partial charge on any atom is -0.480 e. The van der Waals surface area contributed by atoms with Gasteiger partial charge >= 0.3 is 5.97 Å². The number of hydrogen-bond donors (Lipinski definition) is 9. The largest absolute Gasteiger partial charge is 0.480 e. The number of rotatable bonds is 17. The number of para-hydroxylation sites is 1. The number of imidazole rings is 1. The normalized spacial score (nSPS) is 13.9. The Balaban J connectivity index is 1.79. The Labute approximate surface area is 254 Å². The number of benzene rings is 1. The highest BCUT2D eigenvalue weighted by Crippen LogP contribution is 2.19. The van der Waals surface area contributed by atoms with Gasteiger partial charge in [-0.2, -0.15) is 0 Å². The maximum Gasteiger partial charge on any atom is 0.326 e. The second kappa shape index (κ2) is 16.1. The van der Waals surface area contributed by atoms with Gasteiger partial charge in [-0.15, -0.1) is 0 Å². The molecular weight excluding hydrogens is 568 g/mol. The lowest BCUT2D eigenvalue weighted by molar-refractivity contribution is -0.142. The third kappa shape index (κ3) is 10.1. The van der Waals surface area contributed by atoms with Crippen molar-refractivity contribution >= 4 is 40.6 Å². The van der Waals surface area contributed by atoms with Crippen molar-refractivity contribution in [3.05, 3.63) is 54.2 Å². The lowest BCUT2D eigenvalue weighted by Crippen LogP contribution is -2.58. The summed E-state index contributed by atoms with van der Waals surface area (Å²) in [5.41, 5.74) is 19.0. The fraction of sp³-hybridized carbons (Fsp3) is 0.448. The third-order valence-electron chi connectivity index (χ3n) is 6.97. The van der Waals surface area contributed by atoms with Crippen LogP contribution in [0, 0.1) is 5.92 Å². The standard InChI is InChI=1S/C29H42N10O5/c1-16(2)10-22(26(41)39-24(28(43)44)12-18-14-33-15-36-18)38-27(42)23(11-17-13-35-21-8-4-3-6-19(17)21)37-25(40)20(30)7-5-9-34-29(31)32/h3-4,6,8,13-16,20,22-24,35H,5,7,9-12,30H2,1-2H3,(H,33,36)(H,37,40)(H,38,42)(H,39,41)(H,43,44)(H4,31,32,34). The van der Waals surface area contributed by atoms with Crippen LogP contribution in [0.1, 0.15) is 44.4 Å². The summed E-state index contributed by atoms with van der Waals surface area (Å²) in [6, 6.07) is 3.18. The molecule has 0 aliphatic carbocycles. The van der Waals surface area contributed by atoms with Crippen molar-refractivity contribution in [3.63, 3.8) is 0 Å². The first kappa shape index (κ1) is 33.6. The van der Waals surface area contributed by atoms with Crippen molar-refractivity contribution in [2.24, 2.45) is 28.1 Å². The topological polar surface area (TPSA) is 259 Å². The summed E-state index contributed by atoms with van der Waals surface area (Å²) in [6.07, 6.45) is 5.68. The molecule has 3 amide bonds. The van der Waals surface area contributed by atoms with Crippen molar-refractivity contribution in [2.45, 2.75) is 70.1 Å². The van der Waals surface area contributed by atoms with Crippen LogP contribution in [0.25, 0.3) is 10.9 Å². The minimum absolute atomic E-state index is 0.0241. The average Bonchev–Trinajstić information content (AvgIpc) is 3.63. The SMILES string of the molecule is CC(C)CC(NC(=O)C(Cc1c[nH]c2ccccc12)NC(=O)C(N)CCCN=C(N)N)C(=O)NC(Cc1cnc[nH]1)C(=O)O. The van der Waals surface area contributed by atoms with Gasteiger partial charge in [-0.1, -0.05) is 32.0 Å². The van der Waals surface area contributed by atoms with E-state index < -0.39 is 47.9 Å². The number of nitrogens with zero attached hydrogens (tertiary/aromatic N) is 2. The van der Waals surface area contributed by atoms with E-state index >= 15 is 0 Å². The van der Waals surface area contributed by atoms with Crippen molar-refractivity contribution in [3.8, 4) is 0 Å². The average molecular weight is 611 g/mol. The molecule has 0 bridgehead atoms. The van der Waals surface area contributed by atoms with Crippen LogP contribution >= 0.6 is 0 Å². The molecule has 2 heterocycles. The van der Waals surface area contributed by atoms with Gasteiger partial charge in [0, 0.05) is 48.4 Å². The van der Waals surface area contributed by atoms with Crippen molar-refractivity contribution in [1.29, 1.82) is 0 Å². The van der Waals surface area contributed by atoms with Crippen LogP contribution in [-0.2, 0) is 32.0 Å². The molecule has 0 aliphatic heterocycles. The zero-order chi connectivity index (χ0) is 32.2. The molecule has 0 saturated carbocycles. The molecule has 12 N–H and O–H groups in total. The summed E-state index contributed by atoms with van der Waals surface area (Å²) < 4.78 is 0. The molecule has 2 aromatic heterocycles. The number of guanidine groups is 1. The molecule has 4 atom stereocenters. The monoisotopic (exact) mass is 610 g/mol. The van der Waals surface area contributed by atoms with Crippen molar-refractivity contribution in [1.82, 2.24) is 30.9 Å². The van der Waals surface area contributed by atoms with Crippen LogP contribution in [0.3, 0.4) is 0 Å². The second-order valence-corrected chi connectivity index (χ2v) is 11.1. The Morgan fingerprint density at radius 3 is 2.30 bits per heavy atom. The van der Waals surface area contributed by atoms with Crippen LogP contribution < -0.4 is 33.2 Å². The highest BCUT2D eigenvalue weighted by molar-refractivity contribution is 5.95. The van der Waals surface area contributed by atoms with E-state index in [1.54, 1.807) is 6.20 Å². The highest BCUT2D eigenvalue weighted by atomic mass is 16.4. The molecule has 0 aliphatic rings. The lowest BCUT2D eigenvalue weighted by atomic mass is 10.00. The zero-order valence-electron chi connectivity index (χ0n) is 24.9. The van der Waals surface area contributed by atoms with Gasteiger partial charge in [-0.05, 0) is 36.8 Å². The molecule has 3 rings (SSSR count). The quantitative estimate of drug-likeness (QED) is 0.0548. The third-order valence-corrected chi connectivity index (χ3v) is 6.97. The molecule has 15 heteroatoms. The number of nitrogens with one attached hydrogen (secondary N) is 5. The maximum atomic E-state index is 13.7. The molecule has 0 saturated heterocycles. The van der Waals surface area contributed by atoms with Crippen LogP contribution in [0.2, 0.25) is 0 Å². The number of H-pyrrole nitrogens is 2. The summed E-state index contributed by atoms with van der Waals surface area (Å²) in [7, 11) is 0. The van der Waals surface area contributed by atoms with Gasteiger partial charge in [-0.25, -0.2) is 9.78 Å². The molecule has 0 spiro atoms. The molecule has 3 aromatic rings.